The molecule has 0 spiro atoms. The van der Waals surface area contributed by atoms with Gasteiger partial charge < -0.3 is 25.3 Å². The highest BCUT2D eigenvalue weighted by Gasteiger charge is 2.56. The van der Waals surface area contributed by atoms with Crippen LogP contribution in [0.15, 0.2) is 43.1 Å². The maximum atomic E-state index is 13.2. The second-order valence-electron chi connectivity index (χ2n) is 7.80. The lowest BCUT2D eigenvalue weighted by atomic mass is 9.99. The van der Waals surface area contributed by atoms with Crippen molar-refractivity contribution >= 4 is 24.7 Å². The van der Waals surface area contributed by atoms with Crippen LogP contribution in [-0.2, 0) is 22.9 Å². The molecule has 2 saturated heterocycles. The van der Waals surface area contributed by atoms with Gasteiger partial charge in [-0.1, -0.05) is 6.07 Å². The number of phosphoric ester groups is 1. The number of hydrogen-bond acceptors (Lipinski definition) is 11. The minimum absolute atomic E-state index is 0.109. The third kappa shape index (κ3) is 3.59. The average Bonchev–Trinajstić information content (AvgIpc) is 3.29. The fourth-order valence-corrected chi connectivity index (χ4v) is 5.32. The number of nitrogens with zero attached hydrogens (tertiary/aromatic N) is 4. The Labute approximate surface area is 182 Å². The molecular weight excluding hydrogens is 441 g/mol. The molecule has 6 unspecified atom stereocenters. The van der Waals surface area contributed by atoms with Crippen molar-refractivity contribution in [2.75, 3.05) is 12.3 Å². The molecule has 13 heteroatoms. The molecule has 4 N–H and O–H groups in total. The molecule has 5 heterocycles. The first-order valence-corrected chi connectivity index (χ1v) is 11.4. The largest absolute Gasteiger partial charge is 0.477 e. The number of ether oxygens (including phenoxy) is 1. The highest BCUT2D eigenvalue weighted by molar-refractivity contribution is 7.48. The SMILES string of the molecule is CC1(O)C(O)C(OP2(=O)OCCC(c3cccnc3)O2)OC1n1ccc2c(N)ncnc21. The third-order valence-corrected chi connectivity index (χ3v) is 7.06. The van der Waals surface area contributed by atoms with Crippen LogP contribution >= 0.6 is 7.82 Å². The first-order valence-electron chi connectivity index (χ1n) is 9.93. The van der Waals surface area contributed by atoms with Crippen molar-refractivity contribution in [2.24, 2.45) is 0 Å². The summed E-state index contributed by atoms with van der Waals surface area (Å²) in [6.45, 7) is 1.48. The highest BCUT2D eigenvalue weighted by atomic mass is 31.2. The zero-order chi connectivity index (χ0) is 22.5. The molecule has 0 aliphatic carbocycles. The zero-order valence-electron chi connectivity index (χ0n) is 17.0. The summed E-state index contributed by atoms with van der Waals surface area (Å²) in [6, 6.07) is 5.20. The van der Waals surface area contributed by atoms with Crippen LogP contribution in [0.25, 0.3) is 11.0 Å². The normalized spacial score (nSPS) is 35.3. The Morgan fingerprint density at radius 3 is 3.00 bits per heavy atom. The van der Waals surface area contributed by atoms with Crippen LogP contribution in [-0.4, -0.2) is 54.3 Å². The molecule has 3 aromatic heterocycles. The van der Waals surface area contributed by atoms with E-state index < -0.39 is 38.1 Å². The lowest BCUT2D eigenvalue weighted by Crippen LogP contribution is -2.44. The van der Waals surface area contributed by atoms with Crippen LogP contribution in [0.4, 0.5) is 5.82 Å². The summed E-state index contributed by atoms with van der Waals surface area (Å²) >= 11 is 0. The number of rotatable bonds is 4. The van der Waals surface area contributed by atoms with E-state index in [0.717, 1.165) is 0 Å². The standard InChI is InChI=1S/C19H22N5O7P/c1-19(26)14(25)17(29-18(19)24-7-4-12-15(20)22-10-23-16(12)24)31-32(27)28-8-5-13(30-32)11-3-2-6-21-9-11/h2-4,6-7,9-10,13-14,17-18,25-26H,5,8H2,1H3,(H2,20,22,23). The van der Waals surface area contributed by atoms with E-state index in [-0.39, 0.29) is 12.4 Å². The fraction of sp³-hybridized carbons (Fsp3) is 0.421. The predicted octanol–water partition coefficient (Wildman–Crippen LogP) is 1.68. The molecule has 0 radical (unpaired) electrons. The van der Waals surface area contributed by atoms with E-state index in [1.807, 2.05) is 0 Å². The Hall–Kier alpha value is -2.44. The van der Waals surface area contributed by atoms with Crippen LogP contribution in [0.3, 0.4) is 0 Å². The maximum absolute atomic E-state index is 13.2. The van der Waals surface area contributed by atoms with Gasteiger partial charge in [0, 0.05) is 25.0 Å². The second-order valence-corrected chi connectivity index (χ2v) is 9.38. The minimum atomic E-state index is -4.12. The average molecular weight is 463 g/mol. The maximum Gasteiger partial charge on any atom is 0.477 e. The van der Waals surface area contributed by atoms with Crippen molar-refractivity contribution in [1.82, 2.24) is 19.5 Å². The molecule has 12 nitrogen and oxygen atoms in total. The first kappa shape index (κ1) is 21.4. The van der Waals surface area contributed by atoms with Gasteiger partial charge in [0.1, 0.15) is 29.5 Å². The smallest absolute Gasteiger partial charge is 0.385 e. The molecule has 6 atom stereocenters. The van der Waals surface area contributed by atoms with Gasteiger partial charge in [0.25, 0.3) is 0 Å². The van der Waals surface area contributed by atoms with E-state index in [2.05, 4.69) is 15.0 Å². The Morgan fingerprint density at radius 1 is 1.38 bits per heavy atom. The monoisotopic (exact) mass is 463 g/mol. The first-order chi connectivity index (χ1) is 15.3. The Balaban J connectivity index is 1.39. The van der Waals surface area contributed by atoms with E-state index in [9.17, 15) is 14.8 Å². The van der Waals surface area contributed by atoms with Gasteiger partial charge in [-0.3, -0.25) is 18.6 Å². The van der Waals surface area contributed by atoms with Gasteiger partial charge in [-0.25, -0.2) is 14.5 Å². The van der Waals surface area contributed by atoms with Crippen LogP contribution in [0.1, 0.15) is 31.2 Å². The molecule has 2 aliphatic rings. The summed E-state index contributed by atoms with van der Waals surface area (Å²) in [5, 5.41) is 22.3. The highest BCUT2D eigenvalue weighted by Crippen LogP contribution is 2.59. The van der Waals surface area contributed by atoms with Crippen molar-refractivity contribution < 1.29 is 33.1 Å². The van der Waals surface area contributed by atoms with Crippen LogP contribution in [0.2, 0.25) is 0 Å². The summed E-state index contributed by atoms with van der Waals surface area (Å²) in [5.74, 6) is 0.259. The van der Waals surface area contributed by atoms with Gasteiger partial charge in [-0.05, 0) is 24.6 Å². The fourth-order valence-electron chi connectivity index (χ4n) is 3.86. The van der Waals surface area contributed by atoms with Crippen LogP contribution in [0, 0.1) is 0 Å². The van der Waals surface area contributed by atoms with E-state index >= 15 is 0 Å². The van der Waals surface area contributed by atoms with Crippen molar-refractivity contribution in [1.29, 1.82) is 0 Å². The minimum Gasteiger partial charge on any atom is -0.385 e. The molecule has 0 aromatic carbocycles. The summed E-state index contributed by atoms with van der Waals surface area (Å²) in [4.78, 5) is 12.2. The van der Waals surface area contributed by atoms with Crippen LogP contribution in [0.5, 0.6) is 0 Å². The molecule has 3 aromatic rings. The number of nitrogens with two attached hydrogens (primary N) is 1. The number of pyridine rings is 1. The Morgan fingerprint density at radius 2 is 2.22 bits per heavy atom. The summed E-state index contributed by atoms with van der Waals surface area (Å²) < 4.78 is 36.8. The van der Waals surface area contributed by atoms with Crippen LogP contribution < -0.4 is 5.73 Å². The lowest BCUT2D eigenvalue weighted by Gasteiger charge is -2.31. The number of aliphatic hydroxyl groups is 2. The van der Waals surface area contributed by atoms with Crippen molar-refractivity contribution in [3.63, 3.8) is 0 Å². The van der Waals surface area contributed by atoms with Crippen molar-refractivity contribution in [2.45, 2.75) is 43.7 Å². The number of aliphatic hydroxyl groups excluding tert-OH is 1. The number of nitrogen functional groups attached to an aromatic ring is 1. The number of phosphoric acid groups is 1. The van der Waals surface area contributed by atoms with Crippen molar-refractivity contribution in [3.05, 3.63) is 48.7 Å². The van der Waals surface area contributed by atoms with Gasteiger partial charge in [0.15, 0.2) is 6.23 Å². The number of hydrogen-bond donors (Lipinski definition) is 3. The summed E-state index contributed by atoms with van der Waals surface area (Å²) in [5.41, 5.74) is 5.16. The molecule has 0 amide bonds. The van der Waals surface area contributed by atoms with Gasteiger partial charge in [-0.15, -0.1) is 0 Å². The Kier molecular flexibility index (Phi) is 5.25. The van der Waals surface area contributed by atoms with E-state index in [4.69, 9.17) is 24.0 Å². The number of fused-ring (bicyclic) bond motifs is 1. The molecule has 5 rings (SSSR count). The molecular formula is C19H22N5O7P. The summed E-state index contributed by atoms with van der Waals surface area (Å²) in [6.07, 6.45) is 1.79. The van der Waals surface area contributed by atoms with Gasteiger partial charge in [0.05, 0.1) is 18.1 Å². The van der Waals surface area contributed by atoms with Crippen molar-refractivity contribution in [3.8, 4) is 0 Å². The molecule has 0 bridgehead atoms. The van der Waals surface area contributed by atoms with E-state index in [0.29, 0.717) is 23.0 Å². The van der Waals surface area contributed by atoms with E-state index in [1.165, 1.54) is 17.8 Å². The van der Waals surface area contributed by atoms with Gasteiger partial charge >= 0.3 is 7.82 Å². The quantitative estimate of drug-likeness (QED) is 0.482. The molecule has 0 saturated carbocycles. The third-order valence-electron chi connectivity index (χ3n) is 5.59. The topological polar surface area (TPSA) is 164 Å². The van der Waals surface area contributed by atoms with Gasteiger partial charge in [0.2, 0.25) is 6.29 Å². The molecule has 2 fully saturated rings. The van der Waals surface area contributed by atoms with E-state index in [1.54, 1.807) is 36.8 Å². The molecule has 32 heavy (non-hydrogen) atoms. The number of aromatic nitrogens is 4. The van der Waals surface area contributed by atoms with Gasteiger partial charge in [-0.2, -0.15) is 0 Å². The number of anilines is 1. The second kappa shape index (κ2) is 7.85. The Bertz CT molecular complexity index is 1170. The zero-order valence-corrected chi connectivity index (χ0v) is 17.9. The summed E-state index contributed by atoms with van der Waals surface area (Å²) in [7, 11) is -4.12. The predicted molar refractivity (Wildman–Crippen MR) is 110 cm³/mol. The molecule has 170 valence electrons. The molecule has 2 aliphatic heterocycles. The lowest BCUT2D eigenvalue weighted by molar-refractivity contribution is -0.145.